The second-order valence-corrected chi connectivity index (χ2v) is 6.00. The van der Waals surface area contributed by atoms with E-state index in [2.05, 4.69) is 20.8 Å². The van der Waals surface area contributed by atoms with E-state index in [1.807, 2.05) is 13.1 Å². The van der Waals surface area contributed by atoms with Crippen molar-refractivity contribution in [3.63, 3.8) is 0 Å². The van der Waals surface area contributed by atoms with Crippen LogP contribution in [-0.2, 0) is 10.2 Å². The van der Waals surface area contributed by atoms with Gasteiger partial charge in [0.25, 0.3) is 0 Å². The van der Waals surface area contributed by atoms with Gasteiger partial charge in [-0.15, -0.1) is 0 Å². The summed E-state index contributed by atoms with van der Waals surface area (Å²) in [5, 5.41) is 0. The molecule has 3 aliphatic rings. The number of fused-ring (bicyclic) bond motifs is 2. The molecule has 2 fully saturated rings. The molecule has 4 nitrogen and oxygen atoms in total. The number of hydrogen-bond acceptors (Lipinski definition) is 4. The van der Waals surface area contributed by atoms with Gasteiger partial charge in [-0.05, 0) is 32.6 Å². The molecule has 0 saturated heterocycles. The van der Waals surface area contributed by atoms with Crippen molar-refractivity contribution < 1.29 is 4.79 Å². The van der Waals surface area contributed by atoms with Gasteiger partial charge >= 0.3 is 0 Å². The minimum Gasteiger partial charge on any atom is -0.316 e. The van der Waals surface area contributed by atoms with Crippen molar-refractivity contribution >= 4 is 11.8 Å². The van der Waals surface area contributed by atoms with Crippen molar-refractivity contribution in [2.75, 3.05) is 4.90 Å². The summed E-state index contributed by atoms with van der Waals surface area (Å²) in [4.78, 5) is 22.7. The number of rotatable bonds is 1. The lowest BCUT2D eigenvalue weighted by atomic mass is 9.98. The molecule has 0 amide bonds. The van der Waals surface area contributed by atoms with Gasteiger partial charge in [0.1, 0.15) is 23.3 Å². The molecule has 1 aromatic rings. The van der Waals surface area contributed by atoms with Gasteiger partial charge in [0, 0.05) is 17.8 Å². The first kappa shape index (κ1) is 11.2. The predicted octanol–water partition coefficient (Wildman–Crippen LogP) is 2.29. The lowest BCUT2D eigenvalue weighted by Gasteiger charge is -2.26. The summed E-state index contributed by atoms with van der Waals surface area (Å²) in [7, 11) is 0. The van der Waals surface area contributed by atoms with Crippen LogP contribution in [0.4, 0.5) is 5.82 Å². The maximum atomic E-state index is 11.5. The second kappa shape index (κ2) is 3.67. The van der Waals surface area contributed by atoms with E-state index in [0.717, 1.165) is 48.6 Å². The SMILES string of the molecule is Cc1ncc2c(n1)N(C1CCCC1)C(=C=O)C21CC1. The number of aromatic nitrogens is 2. The van der Waals surface area contributed by atoms with E-state index in [0.29, 0.717) is 6.04 Å². The van der Waals surface area contributed by atoms with Crippen LogP contribution in [-0.4, -0.2) is 22.0 Å². The number of carbonyl (C=O) groups excluding carboxylic acids is 1. The Morgan fingerprint density at radius 1 is 1.37 bits per heavy atom. The Balaban J connectivity index is 1.90. The first-order chi connectivity index (χ1) is 9.26. The maximum Gasteiger partial charge on any atom is 0.147 e. The summed E-state index contributed by atoms with van der Waals surface area (Å²) in [6.45, 7) is 1.91. The van der Waals surface area contributed by atoms with Crippen LogP contribution in [0.15, 0.2) is 11.9 Å². The summed E-state index contributed by atoms with van der Waals surface area (Å²) < 4.78 is 0. The molecule has 0 N–H and O–H groups in total. The summed E-state index contributed by atoms with van der Waals surface area (Å²) in [5.41, 5.74) is 1.89. The van der Waals surface area contributed by atoms with E-state index >= 15 is 0 Å². The molecule has 2 heterocycles. The Morgan fingerprint density at radius 3 is 2.74 bits per heavy atom. The Bertz CT molecular complexity index is 593. The van der Waals surface area contributed by atoms with Crippen LogP contribution in [0.3, 0.4) is 0 Å². The van der Waals surface area contributed by atoms with Gasteiger partial charge in [-0.2, -0.15) is 0 Å². The molecule has 2 aliphatic carbocycles. The smallest absolute Gasteiger partial charge is 0.147 e. The molecule has 4 heteroatoms. The standard InChI is InChI=1S/C15H17N3O/c1-10-16-8-12-14(17-10)18(11-4-2-3-5-11)13(9-19)15(12)6-7-15/h8,11H,2-7H2,1H3. The van der Waals surface area contributed by atoms with E-state index < -0.39 is 0 Å². The number of aryl methyl sites for hydroxylation is 1. The number of allylic oxidation sites excluding steroid dienone is 1. The highest BCUT2D eigenvalue weighted by Gasteiger charge is 2.59. The predicted molar refractivity (Wildman–Crippen MR) is 71.6 cm³/mol. The van der Waals surface area contributed by atoms with Gasteiger partial charge in [0.05, 0.1) is 5.41 Å². The Hall–Kier alpha value is -1.67. The fourth-order valence-electron chi connectivity index (χ4n) is 3.74. The van der Waals surface area contributed by atoms with Gasteiger partial charge in [0.15, 0.2) is 0 Å². The van der Waals surface area contributed by atoms with Crippen LogP contribution in [0.25, 0.3) is 0 Å². The zero-order chi connectivity index (χ0) is 13.0. The Labute approximate surface area is 112 Å². The normalized spacial score (nSPS) is 23.8. The van der Waals surface area contributed by atoms with E-state index in [-0.39, 0.29) is 5.41 Å². The average molecular weight is 255 g/mol. The van der Waals surface area contributed by atoms with Crippen LogP contribution in [0.2, 0.25) is 0 Å². The van der Waals surface area contributed by atoms with Crippen molar-refractivity contribution in [2.24, 2.45) is 0 Å². The van der Waals surface area contributed by atoms with Crippen molar-refractivity contribution in [1.82, 2.24) is 9.97 Å². The minimum absolute atomic E-state index is 0.0899. The highest BCUT2D eigenvalue weighted by atomic mass is 16.1. The lowest BCUT2D eigenvalue weighted by Crippen LogP contribution is -2.32. The number of hydrogen-bond donors (Lipinski definition) is 0. The van der Waals surface area contributed by atoms with E-state index in [1.54, 1.807) is 0 Å². The van der Waals surface area contributed by atoms with Crippen molar-refractivity contribution in [3.05, 3.63) is 23.3 Å². The molecule has 1 aliphatic heterocycles. The van der Waals surface area contributed by atoms with Gasteiger partial charge in [-0.25, -0.2) is 14.8 Å². The number of nitrogens with zero attached hydrogens (tertiary/aromatic N) is 3. The van der Waals surface area contributed by atoms with Crippen molar-refractivity contribution in [3.8, 4) is 0 Å². The van der Waals surface area contributed by atoms with Crippen LogP contribution in [0, 0.1) is 6.92 Å². The number of anilines is 1. The molecule has 1 spiro atoms. The Morgan fingerprint density at radius 2 is 2.11 bits per heavy atom. The zero-order valence-corrected chi connectivity index (χ0v) is 11.1. The first-order valence-electron chi connectivity index (χ1n) is 7.15. The lowest BCUT2D eigenvalue weighted by molar-refractivity contribution is 0.559. The van der Waals surface area contributed by atoms with Gasteiger partial charge < -0.3 is 4.90 Å². The van der Waals surface area contributed by atoms with Crippen LogP contribution < -0.4 is 4.90 Å². The highest BCUT2D eigenvalue weighted by Crippen LogP contribution is 2.61. The van der Waals surface area contributed by atoms with E-state index in [9.17, 15) is 4.79 Å². The summed E-state index contributed by atoms with van der Waals surface area (Å²) in [5.74, 6) is 4.00. The molecule has 0 atom stereocenters. The van der Waals surface area contributed by atoms with Gasteiger partial charge in [0.2, 0.25) is 0 Å². The monoisotopic (exact) mass is 255 g/mol. The zero-order valence-electron chi connectivity index (χ0n) is 11.1. The minimum atomic E-state index is -0.0899. The third kappa shape index (κ3) is 1.38. The molecular weight excluding hydrogens is 238 g/mol. The average Bonchev–Trinajstić information content (AvgIpc) is 2.92. The first-order valence-corrected chi connectivity index (χ1v) is 7.15. The highest BCUT2D eigenvalue weighted by molar-refractivity contribution is 5.79. The molecule has 0 bridgehead atoms. The van der Waals surface area contributed by atoms with E-state index in [4.69, 9.17) is 0 Å². The molecule has 0 unspecified atom stereocenters. The topological polar surface area (TPSA) is 46.1 Å². The molecule has 0 aromatic carbocycles. The quantitative estimate of drug-likeness (QED) is 0.722. The van der Waals surface area contributed by atoms with Crippen LogP contribution in [0.5, 0.6) is 0 Å². The van der Waals surface area contributed by atoms with Crippen LogP contribution in [0.1, 0.15) is 49.9 Å². The molecule has 19 heavy (non-hydrogen) atoms. The van der Waals surface area contributed by atoms with Gasteiger partial charge in [-0.3, -0.25) is 0 Å². The molecule has 2 saturated carbocycles. The maximum absolute atomic E-state index is 11.5. The van der Waals surface area contributed by atoms with Crippen molar-refractivity contribution in [1.29, 1.82) is 0 Å². The second-order valence-electron chi connectivity index (χ2n) is 6.00. The molecular formula is C15H17N3O. The summed E-state index contributed by atoms with van der Waals surface area (Å²) in [6, 6.07) is 0.435. The fourth-order valence-corrected chi connectivity index (χ4v) is 3.74. The fraction of sp³-hybridized carbons (Fsp3) is 0.600. The van der Waals surface area contributed by atoms with Crippen molar-refractivity contribution in [2.45, 2.75) is 56.9 Å². The summed E-state index contributed by atoms with van der Waals surface area (Å²) >= 11 is 0. The molecule has 98 valence electrons. The summed E-state index contributed by atoms with van der Waals surface area (Å²) in [6.07, 6.45) is 8.82. The third-order valence-electron chi connectivity index (χ3n) is 4.86. The largest absolute Gasteiger partial charge is 0.316 e. The van der Waals surface area contributed by atoms with E-state index in [1.165, 1.54) is 12.8 Å². The van der Waals surface area contributed by atoms with Crippen LogP contribution >= 0.6 is 0 Å². The Kier molecular flexibility index (Phi) is 2.16. The molecule has 4 rings (SSSR count). The third-order valence-corrected chi connectivity index (χ3v) is 4.86. The molecule has 1 aromatic heterocycles. The van der Waals surface area contributed by atoms with Gasteiger partial charge in [-0.1, -0.05) is 12.8 Å². The molecule has 0 radical (unpaired) electrons.